The van der Waals surface area contributed by atoms with Gasteiger partial charge in [-0.3, -0.25) is 0 Å². The molecule has 0 saturated carbocycles. The zero-order chi connectivity index (χ0) is 30.9. The van der Waals surface area contributed by atoms with E-state index in [2.05, 4.69) is 131 Å². The van der Waals surface area contributed by atoms with Crippen molar-refractivity contribution in [2.45, 2.75) is 0 Å². The molecule has 0 radical (unpaired) electrons. The first-order valence-corrected chi connectivity index (χ1v) is 15.8. The van der Waals surface area contributed by atoms with Gasteiger partial charge in [0.15, 0.2) is 0 Å². The average molecular weight is 600 g/mol. The molecule has 4 nitrogen and oxygen atoms in total. The Kier molecular flexibility index (Phi) is 5.54. The lowest BCUT2D eigenvalue weighted by Crippen LogP contribution is -1.93. The number of furan rings is 1. The fourth-order valence-electron chi connectivity index (χ4n) is 7.20. The Morgan fingerprint density at radius 3 is 2.13 bits per heavy atom. The van der Waals surface area contributed by atoms with Gasteiger partial charge in [0, 0.05) is 21.7 Å². The monoisotopic (exact) mass is 599 g/mol. The fourth-order valence-corrected chi connectivity index (χ4v) is 7.20. The predicted molar refractivity (Wildman–Crippen MR) is 193 cm³/mol. The lowest BCUT2D eigenvalue weighted by molar-refractivity contribution is 0.673. The molecule has 3 heterocycles. The number of rotatable bonds is 3. The standard InChI is InChI=1S/C43H25N3O/c1-2-8-27(9-3-1)36-23-31(22-30-19-16-28-10-4-5-11-32(28)39(30)36)26-14-17-29(18-15-26)41-35-21-20-34-33-12-6-7-13-38(33)47-43(34)40(35)42-37(46-41)24-44-25-45-42/h1-25H. The van der Waals surface area contributed by atoms with Gasteiger partial charge in [0.2, 0.25) is 0 Å². The Bertz CT molecular complexity index is 2840. The molecule has 0 aliphatic rings. The molecule has 0 fully saturated rings. The van der Waals surface area contributed by atoms with Crippen molar-refractivity contribution in [1.82, 2.24) is 15.0 Å². The van der Waals surface area contributed by atoms with E-state index in [1.165, 1.54) is 38.2 Å². The molecule has 4 heteroatoms. The van der Waals surface area contributed by atoms with Crippen LogP contribution in [0.1, 0.15) is 0 Å². The van der Waals surface area contributed by atoms with Crippen molar-refractivity contribution in [3.05, 3.63) is 152 Å². The molecule has 218 valence electrons. The number of aromatic nitrogens is 3. The van der Waals surface area contributed by atoms with Crippen LogP contribution in [-0.4, -0.2) is 15.0 Å². The lowest BCUT2D eigenvalue weighted by Gasteiger charge is -2.14. The van der Waals surface area contributed by atoms with Crippen LogP contribution in [0.15, 0.2) is 156 Å². The molecule has 0 N–H and O–H groups in total. The Morgan fingerprint density at radius 2 is 1.23 bits per heavy atom. The largest absolute Gasteiger partial charge is 0.455 e. The highest BCUT2D eigenvalue weighted by Crippen LogP contribution is 2.41. The number of hydrogen-bond acceptors (Lipinski definition) is 4. The van der Waals surface area contributed by atoms with E-state index in [9.17, 15) is 0 Å². The van der Waals surface area contributed by atoms with E-state index in [4.69, 9.17) is 9.40 Å². The summed E-state index contributed by atoms with van der Waals surface area (Å²) in [6.07, 6.45) is 3.36. The van der Waals surface area contributed by atoms with Gasteiger partial charge in [-0.05, 0) is 68.1 Å². The summed E-state index contributed by atoms with van der Waals surface area (Å²) in [4.78, 5) is 14.1. The van der Waals surface area contributed by atoms with E-state index in [0.717, 1.165) is 60.6 Å². The van der Waals surface area contributed by atoms with Crippen molar-refractivity contribution < 1.29 is 4.42 Å². The van der Waals surface area contributed by atoms with Crippen molar-refractivity contribution in [3.63, 3.8) is 0 Å². The molecule has 0 unspecified atom stereocenters. The van der Waals surface area contributed by atoms with Gasteiger partial charge in [0.25, 0.3) is 0 Å². The van der Waals surface area contributed by atoms with E-state index in [1.807, 2.05) is 18.2 Å². The second-order valence-corrected chi connectivity index (χ2v) is 12.0. The van der Waals surface area contributed by atoms with Crippen molar-refractivity contribution in [3.8, 4) is 33.5 Å². The highest BCUT2D eigenvalue weighted by molar-refractivity contribution is 6.23. The second kappa shape index (κ2) is 10.1. The Labute approximate surface area is 269 Å². The van der Waals surface area contributed by atoms with Crippen molar-refractivity contribution in [1.29, 1.82) is 0 Å². The van der Waals surface area contributed by atoms with Gasteiger partial charge in [-0.1, -0.05) is 115 Å². The van der Waals surface area contributed by atoms with Crippen LogP contribution in [0.2, 0.25) is 0 Å². The second-order valence-electron chi connectivity index (χ2n) is 12.0. The molecule has 0 amide bonds. The van der Waals surface area contributed by atoms with Crippen molar-refractivity contribution in [2.24, 2.45) is 0 Å². The third kappa shape index (κ3) is 3.98. The smallest absolute Gasteiger partial charge is 0.145 e. The minimum absolute atomic E-state index is 0.737. The SMILES string of the molecule is c1ccc(-c2cc(-c3ccc(-c4nc5cncnc5c5c4ccc4c6ccccc6oc45)cc3)cc3ccc4ccccc4c23)cc1. The van der Waals surface area contributed by atoms with E-state index in [0.29, 0.717) is 0 Å². The number of nitrogens with zero attached hydrogens (tertiary/aromatic N) is 3. The molecule has 7 aromatic carbocycles. The minimum atomic E-state index is 0.737. The molecule has 0 aliphatic heterocycles. The summed E-state index contributed by atoms with van der Waals surface area (Å²) in [7, 11) is 0. The first-order valence-electron chi connectivity index (χ1n) is 15.8. The first-order chi connectivity index (χ1) is 23.3. The molecule has 0 aliphatic carbocycles. The van der Waals surface area contributed by atoms with Gasteiger partial charge in [0.1, 0.15) is 28.5 Å². The summed E-state index contributed by atoms with van der Waals surface area (Å²) >= 11 is 0. The molecular weight excluding hydrogens is 574 g/mol. The van der Waals surface area contributed by atoms with E-state index in [-0.39, 0.29) is 0 Å². The maximum atomic E-state index is 6.46. The molecule has 10 rings (SSSR count). The highest BCUT2D eigenvalue weighted by atomic mass is 16.3. The van der Waals surface area contributed by atoms with Crippen LogP contribution < -0.4 is 0 Å². The third-order valence-electron chi connectivity index (χ3n) is 9.38. The quantitative estimate of drug-likeness (QED) is 0.190. The summed E-state index contributed by atoms with van der Waals surface area (Å²) in [6.45, 7) is 0. The van der Waals surface area contributed by atoms with Crippen LogP contribution in [-0.2, 0) is 0 Å². The van der Waals surface area contributed by atoms with Crippen LogP contribution in [0, 0.1) is 0 Å². The van der Waals surface area contributed by atoms with Crippen LogP contribution in [0.25, 0.3) is 98.8 Å². The number of pyridine rings is 1. The maximum Gasteiger partial charge on any atom is 0.145 e. The zero-order valence-electron chi connectivity index (χ0n) is 25.2. The Morgan fingerprint density at radius 1 is 0.489 bits per heavy atom. The molecule has 0 bridgehead atoms. The molecule has 47 heavy (non-hydrogen) atoms. The van der Waals surface area contributed by atoms with Crippen LogP contribution >= 0.6 is 0 Å². The van der Waals surface area contributed by atoms with Crippen LogP contribution in [0.5, 0.6) is 0 Å². The molecule has 0 atom stereocenters. The van der Waals surface area contributed by atoms with E-state index < -0.39 is 0 Å². The number of benzene rings is 7. The van der Waals surface area contributed by atoms with Gasteiger partial charge in [-0.15, -0.1) is 0 Å². The summed E-state index contributed by atoms with van der Waals surface area (Å²) in [5, 5.41) is 9.13. The molecule has 10 aromatic rings. The molecule has 0 saturated heterocycles. The van der Waals surface area contributed by atoms with Gasteiger partial charge < -0.3 is 4.42 Å². The highest BCUT2D eigenvalue weighted by Gasteiger charge is 2.18. The van der Waals surface area contributed by atoms with Crippen LogP contribution in [0.4, 0.5) is 0 Å². The average Bonchev–Trinajstić information content (AvgIpc) is 3.53. The summed E-state index contributed by atoms with van der Waals surface area (Å²) < 4.78 is 6.46. The molecular formula is C43H25N3O. The maximum absolute atomic E-state index is 6.46. The van der Waals surface area contributed by atoms with Gasteiger partial charge >= 0.3 is 0 Å². The fraction of sp³-hybridized carbons (Fsp3) is 0. The Balaban J connectivity index is 1.17. The van der Waals surface area contributed by atoms with Gasteiger partial charge in [-0.25, -0.2) is 15.0 Å². The van der Waals surface area contributed by atoms with E-state index >= 15 is 0 Å². The van der Waals surface area contributed by atoms with Gasteiger partial charge in [0.05, 0.1) is 17.3 Å². The zero-order valence-corrected chi connectivity index (χ0v) is 25.2. The number of para-hydroxylation sites is 1. The Hall–Kier alpha value is -6.39. The predicted octanol–water partition coefficient (Wildman–Crippen LogP) is 11.4. The third-order valence-corrected chi connectivity index (χ3v) is 9.38. The number of fused-ring (bicyclic) bond motifs is 10. The minimum Gasteiger partial charge on any atom is -0.455 e. The van der Waals surface area contributed by atoms with Crippen molar-refractivity contribution >= 4 is 65.3 Å². The van der Waals surface area contributed by atoms with E-state index in [1.54, 1.807) is 12.5 Å². The molecule has 3 aromatic heterocycles. The summed E-state index contributed by atoms with van der Waals surface area (Å²) in [6, 6.07) is 49.6. The lowest BCUT2D eigenvalue weighted by atomic mass is 9.90. The van der Waals surface area contributed by atoms with Crippen molar-refractivity contribution in [2.75, 3.05) is 0 Å². The number of hydrogen-bond donors (Lipinski definition) is 0. The topological polar surface area (TPSA) is 51.8 Å². The summed E-state index contributed by atoms with van der Waals surface area (Å²) in [5.74, 6) is 0. The first kappa shape index (κ1) is 25.9. The molecule has 0 spiro atoms. The van der Waals surface area contributed by atoms with Gasteiger partial charge in [-0.2, -0.15) is 0 Å². The normalized spacial score (nSPS) is 11.8. The van der Waals surface area contributed by atoms with Crippen LogP contribution in [0.3, 0.4) is 0 Å². The summed E-state index contributed by atoms with van der Waals surface area (Å²) in [5.41, 5.74) is 9.87.